The molecule has 0 aromatic carbocycles. The Morgan fingerprint density at radius 1 is 1.65 bits per heavy atom. The predicted molar refractivity (Wildman–Crippen MR) is 56.6 cm³/mol. The molecule has 0 bridgehead atoms. The Labute approximate surface area is 95.7 Å². The largest absolute Gasteiger partial charge is 0.390 e. The van der Waals surface area contributed by atoms with Gasteiger partial charge in [-0.3, -0.25) is 14.3 Å². The average molecular weight is 244 g/mol. The van der Waals surface area contributed by atoms with Crippen LogP contribution >= 0.6 is 0 Å². The van der Waals surface area contributed by atoms with Crippen molar-refractivity contribution < 1.29 is 14.2 Å². The molecule has 1 aliphatic rings. The summed E-state index contributed by atoms with van der Waals surface area (Å²) in [5, 5.41) is 9.48. The van der Waals surface area contributed by atoms with Gasteiger partial charge < -0.3 is 9.84 Å². The Morgan fingerprint density at radius 2 is 2.35 bits per heavy atom. The number of alkyl halides is 1. The van der Waals surface area contributed by atoms with E-state index < -0.39 is 36.4 Å². The molecular formula is C10H13FN2O4. The van der Waals surface area contributed by atoms with Crippen molar-refractivity contribution in [2.75, 3.05) is 6.67 Å². The number of nitrogens with zero attached hydrogens (tertiary/aromatic N) is 1. The Morgan fingerprint density at radius 3 is 2.94 bits per heavy atom. The SMILES string of the molecule is Cc1cn([C@@H]2C[C@@H](O)[C@H](CF)O2)c(=O)[nH]c1=O. The first-order valence-corrected chi connectivity index (χ1v) is 5.24. The van der Waals surface area contributed by atoms with Crippen molar-refractivity contribution in [1.82, 2.24) is 9.55 Å². The quantitative estimate of drug-likeness (QED) is 0.732. The highest BCUT2D eigenvalue weighted by atomic mass is 19.1. The van der Waals surface area contributed by atoms with E-state index in [0.717, 1.165) is 4.57 Å². The van der Waals surface area contributed by atoms with Crippen LogP contribution in [-0.4, -0.2) is 33.5 Å². The molecule has 2 N–H and O–H groups in total. The summed E-state index contributed by atoms with van der Waals surface area (Å²) < 4.78 is 18.8. The summed E-state index contributed by atoms with van der Waals surface area (Å²) in [5.41, 5.74) is -0.740. The first-order valence-electron chi connectivity index (χ1n) is 5.24. The maximum atomic E-state index is 12.5. The van der Waals surface area contributed by atoms with Crippen LogP contribution < -0.4 is 11.2 Å². The molecule has 1 fully saturated rings. The number of hydrogen-bond acceptors (Lipinski definition) is 4. The van der Waals surface area contributed by atoms with E-state index in [9.17, 15) is 19.1 Å². The summed E-state index contributed by atoms with van der Waals surface area (Å²) in [6, 6.07) is 0. The molecule has 2 rings (SSSR count). The van der Waals surface area contributed by atoms with E-state index >= 15 is 0 Å². The van der Waals surface area contributed by atoms with E-state index in [4.69, 9.17) is 4.74 Å². The molecule has 7 heteroatoms. The van der Waals surface area contributed by atoms with E-state index in [1.807, 2.05) is 0 Å². The summed E-state index contributed by atoms with van der Waals surface area (Å²) in [6.45, 7) is 0.738. The highest BCUT2D eigenvalue weighted by Gasteiger charge is 2.35. The van der Waals surface area contributed by atoms with Crippen molar-refractivity contribution in [1.29, 1.82) is 0 Å². The molecule has 6 nitrogen and oxygen atoms in total. The number of aliphatic hydroxyl groups excluding tert-OH is 1. The van der Waals surface area contributed by atoms with Crippen LogP contribution in [0.5, 0.6) is 0 Å². The molecular weight excluding hydrogens is 231 g/mol. The lowest BCUT2D eigenvalue weighted by molar-refractivity contribution is -0.0312. The summed E-state index contributed by atoms with van der Waals surface area (Å²) >= 11 is 0. The number of aliphatic hydroxyl groups is 1. The lowest BCUT2D eigenvalue weighted by Crippen LogP contribution is -2.33. The molecule has 0 radical (unpaired) electrons. The molecule has 0 aliphatic carbocycles. The van der Waals surface area contributed by atoms with Crippen LogP contribution in [-0.2, 0) is 4.74 Å². The minimum atomic E-state index is -0.941. The zero-order valence-electron chi connectivity index (χ0n) is 9.22. The topological polar surface area (TPSA) is 84.3 Å². The molecule has 1 aromatic heterocycles. The summed E-state index contributed by atoms with van der Waals surface area (Å²) in [6.07, 6.45) is -1.13. The number of aromatic amines is 1. The van der Waals surface area contributed by atoms with Gasteiger partial charge in [-0.1, -0.05) is 0 Å². The van der Waals surface area contributed by atoms with Crippen LogP contribution in [0.25, 0.3) is 0 Å². The van der Waals surface area contributed by atoms with Crippen molar-refractivity contribution in [3.63, 3.8) is 0 Å². The first kappa shape index (κ1) is 12.0. The number of hydrogen-bond donors (Lipinski definition) is 2. The van der Waals surface area contributed by atoms with Crippen molar-refractivity contribution in [3.05, 3.63) is 32.6 Å². The second-order valence-electron chi connectivity index (χ2n) is 4.07. The number of ether oxygens (including phenoxy) is 1. The summed E-state index contributed by atoms with van der Waals surface area (Å²) in [5.74, 6) is 0. The molecule has 1 aromatic rings. The number of rotatable bonds is 2. The van der Waals surface area contributed by atoms with Gasteiger partial charge in [0.1, 0.15) is 19.0 Å². The molecule has 2 heterocycles. The lowest BCUT2D eigenvalue weighted by atomic mass is 10.2. The van der Waals surface area contributed by atoms with E-state index in [1.165, 1.54) is 6.20 Å². The Balaban J connectivity index is 2.34. The minimum Gasteiger partial charge on any atom is -0.390 e. The third-order valence-electron chi connectivity index (χ3n) is 2.81. The molecule has 0 unspecified atom stereocenters. The van der Waals surface area contributed by atoms with E-state index in [1.54, 1.807) is 6.92 Å². The van der Waals surface area contributed by atoms with Crippen molar-refractivity contribution in [2.24, 2.45) is 0 Å². The molecule has 94 valence electrons. The third-order valence-corrected chi connectivity index (χ3v) is 2.81. The van der Waals surface area contributed by atoms with Gasteiger partial charge in [0, 0.05) is 18.2 Å². The maximum absolute atomic E-state index is 12.5. The highest BCUT2D eigenvalue weighted by Crippen LogP contribution is 2.27. The standard InChI is InChI=1S/C10H13FN2O4/c1-5-4-13(10(16)12-9(5)15)8-2-6(14)7(3-11)17-8/h4,6-8,14H,2-3H2,1H3,(H,12,15,16)/t6-,7+,8+/m1/s1. The van der Waals surface area contributed by atoms with Gasteiger partial charge in [0.15, 0.2) is 0 Å². The van der Waals surface area contributed by atoms with Gasteiger partial charge in [-0.2, -0.15) is 0 Å². The Kier molecular flexibility index (Phi) is 3.12. The zero-order valence-corrected chi connectivity index (χ0v) is 9.22. The first-order chi connectivity index (χ1) is 8.02. The number of nitrogens with one attached hydrogen (secondary N) is 1. The van der Waals surface area contributed by atoms with Crippen molar-refractivity contribution in [2.45, 2.75) is 31.8 Å². The normalized spacial score (nSPS) is 28.5. The van der Waals surface area contributed by atoms with Gasteiger partial charge >= 0.3 is 5.69 Å². The van der Waals surface area contributed by atoms with E-state index in [-0.39, 0.29) is 6.42 Å². The van der Waals surface area contributed by atoms with Gasteiger partial charge in [-0.05, 0) is 6.92 Å². The molecule has 1 aliphatic heterocycles. The van der Waals surface area contributed by atoms with Gasteiger partial charge in [-0.25, -0.2) is 9.18 Å². The molecule has 0 amide bonds. The average Bonchev–Trinajstić information content (AvgIpc) is 2.65. The minimum absolute atomic E-state index is 0.125. The van der Waals surface area contributed by atoms with Crippen LogP contribution in [0, 0.1) is 6.92 Å². The Hall–Kier alpha value is -1.47. The van der Waals surface area contributed by atoms with Gasteiger partial charge in [-0.15, -0.1) is 0 Å². The fourth-order valence-electron chi connectivity index (χ4n) is 1.82. The second-order valence-corrected chi connectivity index (χ2v) is 4.07. The van der Waals surface area contributed by atoms with Gasteiger partial charge in [0.05, 0.1) is 6.10 Å². The fourth-order valence-corrected chi connectivity index (χ4v) is 1.82. The second kappa shape index (κ2) is 4.42. The monoisotopic (exact) mass is 244 g/mol. The number of halogens is 1. The third kappa shape index (κ3) is 2.16. The van der Waals surface area contributed by atoms with Gasteiger partial charge in [0.2, 0.25) is 0 Å². The maximum Gasteiger partial charge on any atom is 0.330 e. The van der Waals surface area contributed by atoms with E-state index in [0.29, 0.717) is 5.56 Å². The Bertz CT molecular complexity index is 524. The zero-order chi connectivity index (χ0) is 12.6. The summed E-state index contributed by atoms with van der Waals surface area (Å²) in [4.78, 5) is 24.8. The van der Waals surface area contributed by atoms with Crippen LogP contribution in [0.2, 0.25) is 0 Å². The fraction of sp³-hybridized carbons (Fsp3) is 0.600. The van der Waals surface area contributed by atoms with Crippen LogP contribution in [0.15, 0.2) is 15.8 Å². The number of H-pyrrole nitrogens is 1. The van der Waals surface area contributed by atoms with Crippen molar-refractivity contribution in [3.8, 4) is 0 Å². The van der Waals surface area contributed by atoms with Crippen LogP contribution in [0.3, 0.4) is 0 Å². The predicted octanol–water partition coefficient (Wildman–Crippen LogP) is -0.537. The molecule has 0 spiro atoms. The lowest BCUT2D eigenvalue weighted by Gasteiger charge is -2.14. The van der Waals surface area contributed by atoms with Gasteiger partial charge in [0.25, 0.3) is 5.56 Å². The smallest absolute Gasteiger partial charge is 0.330 e. The number of aromatic nitrogens is 2. The van der Waals surface area contributed by atoms with E-state index in [2.05, 4.69) is 4.98 Å². The summed E-state index contributed by atoms with van der Waals surface area (Å²) in [7, 11) is 0. The van der Waals surface area contributed by atoms with Crippen molar-refractivity contribution >= 4 is 0 Å². The highest BCUT2D eigenvalue weighted by molar-refractivity contribution is 5.02. The van der Waals surface area contributed by atoms with Crippen LogP contribution in [0.1, 0.15) is 18.2 Å². The molecule has 3 atom stereocenters. The van der Waals surface area contributed by atoms with Crippen LogP contribution in [0.4, 0.5) is 4.39 Å². The molecule has 0 saturated carbocycles. The molecule has 1 saturated heterocycles. The molecule has 17 heavy (non-hydrogen) atoms. The number of aryl methyl sites for hydroxylation is 1.